The van der Waals surface area contributed by atoms with E-state index in [0.717, 1.165) is 26.1 Å². The lowest BCUT2D eigenvalue weighted by Crippen LogP contribution is -2.38. The summed E-state index contributed by atoms with van der Waals surface area (Å²) in [5, 5.41) is 6.30. The topological polar surface area (TPSA) is 41.1 Å². The Labute approximate surface area is 80.3 Å². The van der Waals surface area contributed by atoms with E-state index in [9.17, 15) is 4.79 Å². The molecule has 76 valence electrons. The number of carbonyl (C=O) groups excluding carboxylic acids is 1. The van der Waals surface area contributed by atoms with Gasteiger partial charge in [-0.05, 0) is 18.4 Å². The van der Waals surface area contributed by atoms with Gasteiger partial charge >= 0.3 is 0 Å². The molecule has 1 aliphatic rings. The van der Waals surface area contributed by atoms with Gasteiger partial charge < -0.3 is 10.6 Å². The van der Waals surface area contributed by atoms with Crippen molar-refractivity contribution in [2.75, 3.05) is 19.6 Å². The number of carbonyl (C=O) groups is 1. The molecule has 1 amide bonds. The van der Waals surface area contributed by atoms with E-state index < -0.39 is 0 Å². The minimum atomic E-state index is 0.0953. The van der Waals surface area contributed by atoms with E-state index in [0.29, 0.717) is 0 Å². The molecule has 0 radical (unpaired) electrons. The summed E-state index contributed by atoms with van der Waals surface area (Å²) in [6, 6.07) is 0. The molecule has 2 N–H and O–H groups in total. The summed E-state index contributed by atoms with van der Waals surface area (Å²) in [7, 11) is 0. The lowest BCUT2D eigenvalue weighted by Gasteiger charge is -2.23. The van der Waals surface area contributed by atoms with Gasteiger partial charge in [0.15, 0.2) is 0 Å². The maximum absolute atomic E-state index is 11.3. The Morgan fingerprint density at radius 1 is 1.62 bits per heavy atom. The average Bonchev–Trinajstić information content (AvgIpc) is 2.48. The van der Waals surface area contributed by atoms with Gasteiger partial charge in [0, 0.05) is 19.0 Å². The van der Waals surface area contributed by atoms with E-state index in [1.54, 1.807) is 0 Å². The van der Waals surface area contributed by atoms with Crippen LogP contribution in [0.1, 0.15) is 27.2 Å². The van der Waals surface area contributed by atoms with E-state index >= 15 is 0 Å². The first-order valence-corrected chi connectivity index (χ1v) is 5.02. The zero-order valence-corrected chi connectivity index (χ0v) is 8.81. The Balaban J connectivity index is 2.29. The zero-order chi connectivity index (χ0) is 9.90. The molecule has 0 aromatic carbocycles. The SMILES string of the molecule is CC(C)C(=O)NC[C@@]1(C)CCNC1. The second-order valence-corrected chi connectivity index (χ2v) is 4.61. The molecule has 1 saturated heterocycles. The molecule has 1 aliphatic heterocycles. The molecular formula is C10H20N2O. The molecule has 0 aromatic heterocycles. The number of hydrogen-bond donors (Lipinski definition) is 2. The summed E-state index contributed by atoms with van der Waals surface area (Å²) in [6.07, 6.45) is 1.16. The van der Waals surface area contributed by atoms with Crippen LogP contribution in [0.5, 0.6) is 0 Å². The third-order valence-corrected chi connectivity index (χ3v) is 2.67. The summed E-state index contributed by atoms with van der Waals surface area (Å²) in [4.78, 5) is 11.3. The van der Waals surface area contributed by atoms with Crippen LogP contribution in [0.25, 0.3) is 0 Å². The highest BCUT2D eigenvalue weighted by molar-refractivity contribution is 5.77. The predicted molar refractivity (Wildman–Crippen MR) is 53.4 cm³/mol. The van der Waals surface area contributed by atoms with Gasteiger partial charge in [0.1, 0.15) is 0 Å². The third-order valence-electron chi connectivity index (χ3n) is 2.67. The highest BCUT2D eigenvalue weighted by atomic mass is 16.1. The molecule has 0 aliphatic carbocycles. The number of nitrogens with one attached hydrogen (secondary N) is 2. The number of rotatable bonds is 3. The van der Waals surface area contributed by atoms with Gasteiger partial charge in [-0.1, -0.05) is 20.8 Å². The summed E-state index contributed by atoms with van der Waals surface area (Å²) in [5.74, 6) is 0.256. The molecular weight excluding hydrogens is 164 g/mol. The maximum Gasteiger partial charge on any atom is 0.222 e. The Hall–Kier alpha value is -0.570. The Morgan fingerprint density at radius 2 is 2.31 bits per heavy atom. The minimum Gasteiger partial charge on any atom is -0.355 e. The van der Waals surface area contributed by atoms with Gasteiger partial charge in [-0.25, -0.2) is 0 Å². The van der Waals surface area contributed by atoms with Crippen LogP contribution in [-0.2, 0) is 4.79 Å². The van der Waals surface area contributed by atoms with Crippen LogP contribution in [0, 0.1) is 11.3 Å². The first-order chi connectivity index (χ1) is 6.03. The van der Waals surface area contributed by atoms with Gasteiger partial charge in [0.2, 0.25) is 5.91 Å². The van der Waals surface area contributed by atoms with Gasteiger partial charge in [-0.3, -0.25) is 4.79 Å². The molecule has 0 bridgehead atoms. The van der Waals surface area contributed by atoms with E-state index in [1.807, 2.05) is 13.8 Å². The molecule has 3 heteroatoms. The fourth-order valence-corrected chi connectivity index (χ4v) is 1.52. The van der Waals surface area contributed by atoms with Crippen molar-refractivity contribution in [1.82, 2.24) is 10.6 Å². The fourth-order valence-electron chi connectivity index (χ4n) is 1.52. The fraction of sp³-hybridized carbons (Fsp3) is 0.900. The molecule has 1 fully saturated rings. The Bertz CT molecular complexity index is 183. The molecule has 0 unspecified atom stereocenters. The molecule has 1 rings (SSSR count). The lowest BCUT2D eigenvalue weighted by atomic mass is 9.90. The van der Waals surface area contributed by atoms with Crippen LogP contribution in [-0.4, -0.2) is 25.5 Å². The molecule has 0 spiro atoms. The Morgan fingerprint density at radius 3 is 2.77 bits per heavy atom. The van der Waals surface area contributed by atoms with Gasteiger partial charge in [0.05, 0.1) is 0 Å². The maximum atomic E-state index is 11.3. The summed E-state index contributed by atoms with van der Waals surface area (Å²) < 4.78 is 0. The lowest BCUT2D eigenvalue weighted by molar-refractivity contribution is -0.124. The molecule has 1 atom stereocenters. The van der Waals surface area contributed by atoms with Crippen molar-refractivity contribution < 1.29 is 4.79 Å². The van der Waals surface area contributed by atoms with Crippen LogP contribution >= 0.6 is 0 Å². The van der Waals surface area contributed by atoms with Crippen molar-refractivity contribution in [3.8, 4) is 0 Å². The zero-order valence-electron chi connectivity index (χ0n) is 8.81. The number of amides is 1. The molecule has 3 nitrogen and oxygen atoms in total. The quantitative estimate of drug-likeness (QED) is 0.680. The summed E-state index contributed by atoms with van der Waals surface area (Å²) >= 11 is 0. The second-order valence-electron chi connectivity index (χ2n) is 4.61. The molecule has 1 heterocycles. The normalized spacial score (nSPS) is 28.0. The Kier molecular flexibility index (Phi) is 3.31. The van der Waals surface area contributed by atoms with Gasteiger partial charge in [0.25, 0.3) is 0 Å². The van der Waals surface area contributed by atoms with Crippen molar-refractivity contribution in [2.45, 2.75) is 27.2 Å². The minimum absolute atomic E-state index is 0.0953. The van der Waals surface area contributed by atoms with Crippen LogP contribution < -0.4 is 10.6 Å². The van der Waals surface area contributed by atoms with Crippen molar-refractivity contribution in [2.24, 2.45) is 11.3 Å². The van der Waals surface area contributed by atoms with E-state index in [-0.39, 0.29) is 17.2 Å². The smallest absolute Gasteiger partial charge is 0.222 e. The summed E-state index contributed by atoms with van der Waals surface area (Å²) in [5.41, 5.74) is 0.268. The van der Waals surface area contributed by atoms with Crippen LogP contribution in [0.3, 0.4) is 0 Å². The van der Waals surface area contributed by atoms with Crippen LogP contribution in [0.2, 0.25) is 0 Å². The van der Waals surface area contributed by atoms with Crippen molar-refractivity contribution in [1.29, 1.82) is 0 Å². The van der Waals surface area contributed by atoms with Gasteiger partial charge in [-0.2, -0.15) is 0 Å². The van der Waals surface area contributed by atoms with E-state index in [1.165, 1.54) is 0 Å². The molecule has 13 heavy (non-hydrogen) atoms. The summed E-state index contributed by atoms with van der Waals surface area (Å²) in [6.45, 7) is 8.96. The van der Waals surface area contributed by atoms with E-state index in [4.69, 9.17) is 0 Å². The highest BCUT2D eigenvalue weighted by Crippen LogP contribution is 2.22. The third kappa shape index (κ3) is 2.99. The van der Waals surface area contributed by atoms with Crippen molar-refractivity contribution in [3.63, 3.8) is 0 Å². The highest BCUT2D eigenvalue weighted by Gasteiger charge is 2.28. The van der Waals surface area contributed by atoms with Crippen LogP contribution in [0.15, 0.2) is 0 Å². The first-order valence-electron chi connectivity index (χ1n) is 5.02. The van der Waals surface area contributed by atoms with Crippen LogP contribution in [0.4, 0.5) is 0 Å². The monoisotopic (exact) mass is 184 g/mol. The number of hydrogen-bond acceptors (Lipinski definition) is 2. The predicted octanol–water partition coefficient (Wildman–Crippen LogP) is 0.758. The molecule has 0 saturated carbocycles. The van der Waals surface area contributed by atoms with E-state index in [2.05, 4.69) is 17.6 Å². The first kappa shape index (κ1) is 10.5. The average molecular weight is 184 g/mol. The van der Waals surface area contributed by atoms with Crippen molar-refractivity contribution >= 4 is 5.91 Å². The van der Waals surface area contributed by atoms with Crippen molar-refractivity contribution in [3.05, 3.63) is 0 Å². The van der Waals surface area contributed by atoms with Gasteiger partial charge in [-0.15, -0.1) is 0 Å². The standard InChI is InChI=1S/C10H20N2O/c1-8(2)9(13)12-7-10(3)4-5-11-6-10/h8,11H,4-7H2,1-3H3,(H,12,13)/t10-/m0/s1. The molecule has 0 aromatic rings. The second kappa shape index (κ2) is 4.09. The largest absolute Gasteiger partial charge is 0.355 e.